The summed E-state index contributed by atoms with van der Waals surface area (Å²) in [5.41, 5.74) is 6.40. The molecule has 2 aromatic rings. The highest BCUT2D eigenvalue weighted by atomic mass is 35.5. The predicted octanol–water partition coefficient (Wildman–Crippen LogP) is 1.45. The standard InChI is InChI=1S/C11H13ClN4O/c1-17-10-3-2-9(12)4-8(10)6-16-7-14-11(5-13)15-16/h2-4,7H,5-6,13H2,1H3. The molecule has 17 heavy (non-hydrogen) atoms. The van der Waals surface area contributed by atoms with Gasteiger partial charge in [-0.05, 0) is 18.2 Å². The van der Waals surface area contributed by atoms with Crippen LogP contribution in [0.1, 0.15) is 11.4 Å². The predicted molar refractivity (Wildman–Crippen MR) is 65.0 cm³/mol. The minimum absolute atomic E-state index is 0.333. The van der Waals surface area contributed by atoms with Gasteiger partial charge in [0.05, 0.1) is 20.2 Å². The van der Waals surface area contributed by atoms with Crippen molar-refractivity contribution in [1.82, 2.24) is 14.8 Å². The van der Waals surface area contributed by atoms with Gasteiger partial charge in [-0.2, -0.15) is 5.10 Å². The second kappa shape index (κ2) is 5.16. The Labute approximate surface area is 104 Å². The molecular formula is C11H13ClN4O. The van der Waals surface area contributed by atoms with E-state index in [1.807, 2.05) is 12.1 Å². The Bertz CT molecular complexity index is 512. The first-order valence-electron chi connectivity index (χ1n) is 5.13. The van der Waals surface area contributed by atoms with Crippen molar-refractivity contribution in [2.24, 2.45) is 5.73 Å². The highest BCUT2D eigenvalue weighted by Gasteiger charge is 2.06. The third kappa shape index (κ3) is 2.75. The van der Waals surface area contributed by atoms with Gasteiger partial charge in [-0.1, -0.05) is 11.6 Å². The molecule has 0 radical (unpaired) electrons. The van der Waals surface area contributed by atoms with E-state index >= 15 is 0 Å². The second-order valence-electron chi connectivity index (χ2n) is 3.52. The van der Waals surface area contributed by atoms with Crippen molar-refractivity contribution in [2.75, 3.05) is 7.11 Å². The van der Waals surface area contributed by atoms with E-state index in [1.54, 1.807) is 24.2 Å². The van der Waals surface area contributed by atoms with E-state index in [0.717, 1.165) is 11.3 Å². The molecule has 0 atom stereocenters. The number of hydrogen-bond donors (Lipinski definition) is 1. The number of benzene rings is 1. The Hall–Kier alpha value is -1.59. The van der Waals surface area contributed by atoms with Crippen LogP contribution < -0.4 is 10.5 Å². The van der Waals surface area contributed by atoms with Crippen LogP contribution in [0.25, 0.3) is 0 Å². The summed E-state index contributed by atoms with van der Waals surface area (Å²) in [7, 11) is 1.62. The van der Waals surface area contributed by atoms with Gasteiger partial charge in [0.25, 0.3) is 0 Å². The molecule has 0 bridgehead atoms. The molecule has 1 aromatic heterocycles. The summed E-state index contributed by atoms with van der Waals surface area (Å²) in [6.45, 7) is 0.885. The van der Waals surface area contributed by atoms with E-state index < -0.39 is 0 Å². The molecule has 0 aliphatic heterocycles. The zero-order chi connectivity index (χ0) is 12.3. The summed E-state index contributed by atoms with van der Waals surface area (Å²) >= 11 is 5.95. The average molecular weight is 253 g/mol. The van der Waals surface area contributed by atoms with Crippen LogP contribution in [-0.4, -0.2) is 21.9 Å². The van der Waals surface area contributed by atoms with Gasteiger partial charge in [-0.3, -0.25) is 0 Å². The van der Waals surface area contributed by atoms with Gasteiger partial charge in [-0.15, -0.1) is 0 Å². The number of hydrogen-bond acceptors (Lipinski definition) is 4. The first kappa shape index (κ1) is 11.9. The largest absolute Gasteiger partial charge is 0.496 e. The van der Waals surface area contributed by atoms with Gasteiger partial charge >= 0.3 is 0 Å². The lowest BCUT2D eigenvalue weighted by Crippen LogP contribution is -2.04. The lowest BCUT2D eigenvalue weighted by atomic mass is 10.2. The molecule has 0 aliphatic rings. The van der Waals surface area contributed by atoms with Crippen molar-refractivity contribution in [3.05, 3.63) is 40.9 Å². The molecule has 90 valence electrons. The van der Waals surface area contributed by atoms with Crippen molar-refractivity contribution in [2.45, 2.75) is 13.1 Å². The molecule has 0 amide bonds. The Balaban J connectivity index is 2.25. The maximum Gasteiger partial charge on any atom is 0.164 e. The van der Waals surface area contributed by atoms with E-state index in [4.69, 9.17) is 22.1 Å². The SMILES string of the molecule is COc1ccc(Cl)cc1Cn1cnc(CN)n1. The maximum atomic E-state index is 5.95. The number of rotatable bonds is 4. The van der Waals surface area contributed by atoms with E-state index in [1.165, 1.54) is 0 Å². The molecule has 2 N–H and O–H groups in total. The third-order valence-electron chi connectivity index (χ3n) is 2.34. The molecule has 2 rings (SSSR count). The highest BCUT2D eigenvalue weighted by molar-refractivity contribution is 6.30. The van der Waals surface area contributed by atoms with Crippen LogP contribution in [0.4, 0.5) is 0 Å². The number of ether oxygens (including phenoxy) is 1. The Morgan fingerprint density at radius 2 is 2.29 bits per heavy atom. The topological polar surface area (TPSA) is 66.0 Å². The Kier molecular flexibility index (Phi) is 3.61. The maximum absolute atomic E-state index is 5.95. The van der Waals surface area contributed by atoms with Crippen LogP contribution in [0.3, 0.4) is 0 Å². The number of methoxy groups -OCH3 is 1. The van der Waals surface area contributed by atoms with Gasteiger partial charge in [-0.25, -0.2) is 9.67 Å². The van der Waals surface area contributed by atoms with Crippen molar-refractivity contribution < 1.29 is 4.74 Å². The van der Waals surface area contributed by atoms with Gasteiger partial charge in [0.1, 0.15) is 12.1 Å². The van der Waals surface area contributed by atoms with Crippen LogP contribution >= 0.6 is 11.6 Å². The molecule has 5 nitrogen and oxygen atoms in total. The molecule has 0 spiro atoms. The molecule has 1 aromatic carbocycles. The van der Waals surface area contributed by atoms with Gasteiger partial charge < -0.3 is 10.5 Å². The summed E-state index contributed by atoms with van der Waals surface area (Å²) in [5, 5.41) is 4.88. The van der Waals surface area contributed by atoms with Gasteiger partial charge in [0.2, 0.25) is 0 Å². The van der Waals surface area contributed by atoms with Crippen LogP contribution in [0.15, 0.2) is 24.5 Å². The summed E-state index contributed by atoms with van der Waals surface area (Å²) in [6.07, 6.45) is 1.64. The third-order valence-corrected chi connectivity index (χ3v) is 2.58. The van der Waals surface area contributed by atoms with Gasteiger partial charge in [0, 0.05) is 10.6 Å². The van der Waals surface area contributed by atoms with E-state index in [0.29, 0.717) is 23.9 Å². The second-order valence-corrected chi connectivity index (χ2v) is 3.96. The number of nitrogens with zero attached hydrogens (tertiary/aromatic N) is 3. The fourth-order valence-electron chi connectivity index (χ4n) is 1.55. The summed E-state index contributed by atoms with van der Waals surface area (Å²) in [5.74, 6) is 1.39. The van der Waals surface area contributed by atoms with Crippen molar-refractivity contribution in [3.63, 3.8) is 0 Å². The monoisotopic (exact) mass is 252 g/mol. The summed E-state index contributed by atoms with van der Waals surface area (Å²) < 4.78 is 6.97. The van der Waals surface area contributed by atoms with E-state index in [-0.39, 0.29) is 0 Å². The minimum Gasteiger partial charge on any atom is -0.496 e. The first-order valence-corrected chi connectivity index (χ1v) is 5.51. The van der Waals surface area contributed by atoms with Crippen molar-refractivity contribution in [3.8, 4) is 5.75 Å². The summed E-state index contributed by atoms with van der Waals surface area (Å²) in [6, 6.07) is 5.47. The molecule has 0 aliphatic carbocycles. The van der Waals surface area contributed by atoms with Crippen LogP contribution in [0, 0.1) is 0 Å². The van der Waals surface area contributed by atoms with Crippen LogP contribution in [0.2, 0.25) is 5.02 Å². The summed E-state index contributed by atoms with van der Waals surface area (Å²) in [4.78, 5) is 4.06. The molecule has 0 saturated heterocycles. The zero-order valence-electron chi connectivity index (χ0n) is 9.43. The highest BCUT2D eigenvalue weighted by Crippen LogP contribution is 2.23. The fraction of sp³-hybridized carbons (Fsp3) is 0.273. The van der Waals surface area contributed by atoms with Crippen LogP contribution in [-0.2, 0) is 13.1 Å². The average Bonchev–Trinajstić information content (AvgIpc) is 2.77. The quantitative estimate of drug-likeness (QED) is 0.894. The molecule has 0 unspecified atom stereocenters. The molecule has 1 heterocycles. The van der Waals surface area contributed by atoms with Gasteiger partial charge in [0.15, 0.2) is 5.82 Å². The molecule has 0 saturated carbocycles. The Morgan fingerprint density at radius 1 is 1.47 bits per heavy atom. The van der Waals surface area contributed by atoms with E-state index in [2.05, 4.69) is 10.1 Å². The number of nitrogens with two attached hydrogens (primary N) is 1. The van der Waals surface area contributed by atoms with Crippen molar-refractivity contribution >= 4 is 11.6 Å². The molecular weight excluding hydrogens is 240 g/mol. The molecule has 6 heteroatoms. The molecule has 0 fully saturated rings. The Morgan fingerprint density at radius 3 is 2.94 bits per heavy atom. The lowest BCUT2D eigenvalue weighted by Gasteiger charge is -2.08. The number of halogens is 1. The normalized spacial score (nSPS) is 10.5. The lowest BCUT2D eigenvalue weighted by molar-refractivity contribution is 0.407. The van der Waals surface area contributed by atoms with Crippen molar-refractivity contribution in [1.29, 1.82) is 0 Å². The fourth-order valence-corrected chi connectivity index (χ4v) is 1.74. The zero-order valence-corrected chi connectivity index (χ0v) is 10.2. The number of aromatic nitrogens is 3. The first-order chi connectivity index (χ1) is 8.22. The van der Waals surface area contributed by atoms with Crippen LogP contribution in [0.5, 0.6) is 5.75 Å². The smallest absolute Gasteiger partial charge is 0.164 e. The van der Waals surface area contributed by atoms with E-state index in [9.17, 15) is 0 Å². The minimum atomic E-state index is 0.333.